The van der Waals surface area contributed by atoms with Crippen LogP contribution in [0, 0.1) is 0 Å². The summed E-state index contributed by atoms with van der Waals surface area (Å²) in [4.78, 5) is 25.2. The number of anilines is 1. The highest BCUT2D eigenvalue weighted by Crippen LogP contribution is 2.23. The number of hydrogen-bond acceptors (Lipinski definition) is 6. The van der Waals surface area contributed by atoms with Crippen molar-refractivity contribution in [2.24, 2.45) is 7.05 Å². The zero-order valence-electron chi connectivity index (χ0n) is 14.8. The fourth-order valence-electron chi connectivity index (χ4n) is 2.98. The number of carbonyl (C=O) groups excluding carboxylic acids is 1. The molecule has 0 spiro atoms. The van der Waals surface area contributed by atoms with Crippen molar-refractivity contribution in [1.29, 1.82) is 0 Å². The van der Waals surface area contributed by atoms with E-state index >= 15 is 0 Å². The Morgan fingerprint density at radius 3 is 2.58 bits per heavy atom. The fraction of sp³-hybridized carbons (Fsp3) is 0.625. The van der Waals surface area contributed by atoms with E-state index in [1.165, 1.54) is 0 Å². The summed E-state index contributed by atoms with van der Waals surface area (Å²) in [6, 6.07) is 0. The first-order valence-electron chi connectivity index (χ1n) is 8.24. The van der Waals surface area contributed by atoms with Crippen LogP contribution in [-0.2, 0) is 11.8 Å². The molecule has 0 bridgehead atoms. The van der Waals surface area contributed by atoms with Crippen LogP contribution in [0.1, 0.15) is 20.8 Å². The smallest absolute Gasteiger partial charge is 0.234 e. The quantitative estimate of drug-likeness (QED) is 0.877. The summed E-state index contributed by atoms with van der Waals surface area (Å²) in [7, 11) is 1.88. The van der Waals surface area contributed by atoms with Crippen molar-refractivity contribution in [2.45, 2.75) is 26.3 Å². The van der Waals surface area contributed by atoms with Crippen LogP contribution in [0.25, 0.3) is 11.0 Å². The maximum atomic E-state index is 12.1. The zero-order valence-corrected chi connectivity index (χ0v) is 14.8. The van der Waals surface area contributed by atoms with Crippen molar-refractivity contribution in [1.82, 2.24) is 30.0 Å². The van der Waals surface area contributed by atoms with Crippen LogP contribution in [0.3, 0.4) is 0 Å². The molecule has 2 aromatic heterocycles. The molecular weight excluding hydrogens is 306 g/mol. The van der Waals surface area contributed by atoms with E-state index in [-0.39, 0.29) is 11.4 Å². The first-order chi connectivity index (χ1) is 11.3. The lowest BCUT2D eigenvalue weighted by Crippen LogP contribution is -2.52. The van der Waals surface area contributed by atoms with E-state index in [4.69, 9.17) is 0 Å². The van der Waals surface area contributed by atoms with Crippen molar-refractivity contribution in [3.63, 3.8) is 0 Å². The van der Waals surface area contributed by atoms with E-state index in [1.807, 2.05) is 34.0 Å². The summed E-state index contributed by atoms with van der Waals surface area (Å²) in [5.74, 6) is 1.000. The molecule has 0 radical (unpaired) electrons. The topological polar surface area (TPSA) is 79.2 Å². The Kier molecular flexibility index (Phi) is 4.40. The summed E-state index contributed by atoms with van der Waals surface area (Å²) >= 11 is 0. The number of aromatic nitrogens is 4. The van der Waals surface area contributed by atoms with Gasteiger partial charge in [-0.15, -0.1) is 0 Å². The van der Waals surface area contributed by atoms with Gasteiger partial charge in [0.25, 0.3) is 0 Å². The van der Waals surface area contributed by atoms with E-state index in [2.05, 4.69) is 30.2 Å². The number of fused-ring (bicyclic) bond motifs is 1. The highest BCUT2D eigenvalue weighted by atomic mass is 16.2. The Morgan fingerprint density at radius 2 is 1.92 bits per heavy atom. The Hall–Kier alpha value is -2.22. The second kappa shape index (κ2) is 6.35. The van der Waals surface area contributed by atoms with Gasteiger partial charge < -0.3 is 10.2 Å². The van der Waals surface area contributed by atoms with Crippen molar-refractivity contribution in [3.05, 3.63) is 12.5 Å². The molecule has 130 valence electrons. The van der Waals surface area contributed by atoms with Crippen LogP contribution in [0.15, 0.2) is 12.5 Å². The zero-order chi connectivity index (χ0) is 17.3. The number of rotatable bonds is 3. The van der Waals surface area contributed by atoms with E-state index in [1.54, 1.807) is 11.0 Å². The van der Waals surface area contributed by atoms with Gasteiger partial charge in [0.2, 0.25) is 5.91 Å². The van der Waals surface area contributed by atoms with Crippen LogP contribution in [0.5, 0.6) is 0 Å². The predicted octanol–water partition coefficient (Wildman–Crippen LogP) is 0.400. The number of hydrogen-bond donors (Lipinski definition) is 1. The third-order valence-electron chi connectivity index (χ3n) is 4.06. The Balaban J connectivity index is 1.62. The molecular formula is C16H25N7O. The summed E-state index contributed by atoms with van der Waals surface area (Å²) in [6.07, 6.45) is 3.40. The monoisotopic (exact) mass is 331 g/mol. The van der Waals surface area contributed by atoms with Gasteiger partial charge in [0, 0.05) is 38.8 Å². The lowest BCUT2D eigenvalue weighted by atomic mass is 10.1. The van der Waals surface area contributed by atoms with Crippen LogP contribution in [0.4, 0.5) is 5.82 Å². The van der Waals surface area contributed by atoms with Crippen LogP contribution in [-0.4, -0.2) is 68.8 Å². The molecule has 0 saturated carbocycles. The van der Waals surface area contributed by atoms with E-state index in [9.17, 15) is 4.79 Å². The minimum Gasteiger partial charge on any atom is -0.353 e. The molecule has 1 fully saturated rings. The minimum atomic E-state index is -0.189. The molecule has 0 atom stereocenters. The van der Waals surface area contributed by atoms with Gasteiger partial charge in [-0.1, -0.05) is 0 Å². The van der Waals surface area contributed by atoms with Crippen molar-refractivity contribution in [2.75, 3.05) is 37.6 Å². The first kappa shape index (κ1) is 16.6. The molecule has 0 unspecified atom stereocenters. The van der Waals surface area contributed by atoms with Crippen molar-refractivity contribution in [3.8, 4) is 0 Å². The molecule has 0 aromatic carbocycles. The van der Waals surface area contributed by atoms with Gasteiger partial charge in [-0.2, -0.15) is 5.10 Å². The number of carbonyl (C=O) groups is 1. The normalized spacial score (nSPS) is 16.6. The number of aryl methyl sites for hydroxylation is 1. The van der Waals surface area contributed by atoms with Crippen LogP contribution in [0.2, 0.25) is 0 Å². The maximum Gasteiger partial charge on any atom is 0.234 e. The van der Waals surface area contributed by atoms with Gasteiger partial charge >= 0.3 is 0 Å². The molecule has 1 N–H and O–H groups in total. The van der Waals surface area contributed by atoms with Gasteiger partial charge in [-0.3, -0.25) is 14.4 Å². The van der Waals surface area contributed by atoms with Crippen molar-refractivity contribution >= 4 is 22.8 Å². The predicted molar refractivity (Wildman–Crippen MR) is 92.9 cm³/mol. The average Bonchev–Trinajstić information content (AvgIpc) is 2.88. The highest BCUT2D eigenvalue weighted by molar-refractivity contribution is 5.86. The molecule has 24 heavy (non-hydrogen) atoms. The Labute approximate surface area is 141 Å². The molecule has 8 nitrogen and oxygen atoms in total. The molecule has 8 heteroatoms. The van der Waals surface area contributed by atoms with Crippen molar-refractivity contribution < 1.29 is 4.79 Å². The molecule has 3 heterocycles. The number of nitrogens with one attached hydrogen (secondary N) is 1. The minimum absolute atomic E-state index is 0.0765. The number of amides is 1. The van der Waals surface area contributed by atoms with Gasteiger partial charge in [-0.05, 0) is 20.8 Å². The molecule has 3 rings (SSSR count). The average molecular weight is 331 g/mol. The first-order valence-corrected chi connectivity index (χ1v) is 8.24. The number of nitrogens with zero attached hydrogens (tertiary/aromatic N) is 6. The summed E-state index contributed by atoms with van der Waals surface area (Å²) < 4.78 is 1.76. The van der Waals surface area contributed by atoms with Gasteiger partial charge in [-0.25, -0.2) is 9.97 Å². The van der Waals surface area contributed by atoms with Gasteiger partial charge in [0.15, 0.2) is 5.65 Å². The van der Waals surface area contributed by atoms with Crippen LogP contribution < -0.4 is 10.2 Å². The lowest BCUT2D eigenvalue weighted by molar-refractivity contribution is -0.123. The van der Waals surface area contributed by atoms with E-state index in [0.29, 0.717) is 6.54 Å². The largest absolute Gasteiger partial charge is 0.353 e. The third-order valence-corrected chi connectivity index (χ3v) is 4.06. The molecule has 2 aromatic rings. The Morgan fingerprint density at radius 1 is 1.21 bits per heavy atom. The molecule has 1 aliphatic heterocycles. The molecule has 1 saturated heterocycles. The Bertz CT molecular complexity index is 726. The molecule has 1 aliphatic rings. The second-order valence-corrected chi connectivity index (χ2v) is 7.26. The standard InChI is InChI=1S/C16H25N7O/c1-16(2,3)20-13(24)10-22-5-7-23(8-6-22)15-12-9-19-21(4)14(12)17-11-18-15/h9,11H,5-8,10H2,1-4H3,(H,20,24). The SMILES string of the molecule is Cn1ncc2c(N3CCN(CC(=O)NC(C)(C)C)CC3)ncnc21. The summed E-state index contributed by atoms with van der Waals surface area (Å²) in [6.45, 7) is 9.78. The fourth-order valence-corrected chi connectivity index (χ4v) is 2.98. The highest BCUT2D eigenvalue weighted by Gasteiger charge is 2.23. The number of piperazine rings is 1. The van der Waals surface area contributed by atoms with Gasteiger partial charge in [0.1, 0.15) is 12.1 Å². The third kappa shape index (κ3) is 3.64. The van der Waals surface area contributed by atoms with E-state index in [0.717, 1.165) is 43.0 Å². The van der Waals surface area contributed by atoms with Gasteiger partial charge in [0.05, 0.1) is 18.1 Å². The van der Waals surface area contributed by atoms with Crippen LogP contribution >= 0.6 is 0 Å². The lowest BCUT2D eigenvalue weighted by Gasteiger charge is -2.35. The van der Waals surface area contributed by atoms with E-state index < -0.39 is 0 Å². The summed E-state index contributed by atoms with van der Waals surface area (Å²) in [5, 5.41) is 8.25. The molecule has 1 amide bonds. The second-order valence-electron chi connectivity index (χ2n) is 7.26. The molecule has 0 aliphatic carbocycles. The summed E-state index contributed by atoms with van der Waals surface area (Å²) in [5.41, 5.74) is 0.651. The maximum absolute atomic E-state index is 12.1.